The molecule has 0 aliphatic carbocycles. The highest BCUT2D eigenvalue weighted by Gasteiger charge is 2.30. The Morgan fingerprint density at radius 1 is 1.17 bits per heavy atom. The van der Waals surface area contributed by atoms with E-state index in [1.807, 2.05) is 13.8 Å². The summed E-state index contributed by atoms with van der Waals surface area (Å²) in [6.07, 6.45) is -4.36. The van der Waals surface area contributed by atoms with Gasteiger partial charge in [-0.2, -0.15) is 13.2 Å². The highest BCUT2D eigenvalue weighted by molar-refractivity contribution is 5.94. The van der Waals surface area contributed by atoms with Crippen molar-refractivity contribution < 1.29 is 27.7 Å². The van der Waals surface area contributed by atoms with Crippen LogP contribution in [0.3, 0.4) is 0 Å². The number of urea groups is 1. The van der Waals surface area contributed by atoms with Crippen LogP contribution in [0.25, 0.3) is 0 Å². The monoisotopic (exact) mass is 346 g/mol. The Balaban J connectivity index is 2.44. The van der Waals surface area contributed by atoms with Gasteiger partial charge < -0.3 is 10.2 Å². The normalized spacial score (nSPS) is 12.8. The van der Waals surface area contributed by atoms with E-state index in [-0.39, 0.29) is 12.5 Å². The molecule has 1 aromatic rings. The summed E-state index contributed by atoms with van der Waals surface area (Å²) in [5.41, 5.74) is -0.0268. The van der Waals surface area contributed by atoms with Crippen molar-refractivity contribution in [2.45, 2.75) is 26.6 Å². The number of rotatable bonds is 6. The van der Waals surface area contributed by atoms with Crippen molar-refractivity contribution in [2.75, 3.05) is 20.1 Å². The zero-order valence-electron chi connectivity index (χ0n) is 14.0. The van der Waals surface area contributed by atoms with Gasteiger partial charge in [0.15, 0.2) is 6.54 Å². The van der Waals surface area contributed by atoms with Gasteiger partial charge in [-0.1, -0.05) is 26.0 Å². The second-order valence-electron chi connectivity index (χ2n) is 6.16. The van der Waals surface area contributed by atoms with Crippen LogP contribution in [0.4, 0.5) is 18.0 Å². The molecule has 0 aliphatic rings. The van der Waals surface area contributed by atoms with Gasteiger partial charge >= 0.3 is 12.2 Å². The van der Waals surface area contributed by atoms with E-state index in [4.69, 9.17) is 0 Å². The molecule has 3 amide bonds. The van der Waals surface area contributed by atoms with Gasteiger partial charge in [0.25, 0.3) is 5.91 Å². The van der Waals surface area contributed by atoms with E-state index in [2.05, 4.69) is 10.6 Å². The second-order valence-corrected chi connectivity index (χ2v) is 6.16. The van der Waals surface area contributed by atoms with Crippen molar-refractivity contribution in [3.05, 3.63) is 35.4 Å². The summed E-state index contributed by atoms with van der Waals surface area (Å²) in [6.45, 7) is 4.75. The molecule has 0 fully saturated rings. The molecule has 3 N–H and O–H groups in total. The van der Waals surface area contributed by atoms with Crippen molar-refractivity contribution in [3.8, 4) is 0 Å². The van der Waals surface area contributed by atoms with Crippen molar-refractivity contribution in [1.82, 2.24) is 10.6 Å². The SMILES string of the molecule is CC(C)CNC(=O)NC(=O)C[NH+](C)Cc1ccc(C(F)(F)F)cc1. The first-order chi connectivity index (χ1) is 11.1. The molecule has 0 saturated heterocycles. The van der Waals surface area contributed by atoms with Gasteiger partial charge in [0.2, 0.25) is 0 Å². The zero-order chi connectivity index (χ0) is 18.3. The number of imide groups is 1. The van der Waals surface area contributed by atoms with Crippen molar-refractivity contribution >= 4 is 11.9 Å². The molecule has 0 radical (unpaired) electrons. The van der Waals surface area contributed by atoms with Crippen LogP contribution in [0, 0.1) is 5.92 Å². The maximum atomic E-state index is 12.5. The van der Waals surface area contributed by atoms with Crippen LogP contribution in [0.2, 0.25) is 0 Å². The van der Waals surface area contributed by atoms with Crippen molar-refractivity contribution in [2.24, 2.45) is 5.92 Å². The molecule has 0 spiro atoms. The Bertz CT molecular complexity index is 557. The van der Waals surface area contributed by atoms with Crippen LogP contribution in [-0.4, -0.2) is 32.1 Å². The molecule has 24 heavy (non-hydrogen) atoms. The fourth-order valence-electron chi connectivity index (χ4n) is 2.01. The number of nitrogens with one attached hydrogen (secondary N) is 3. The van der Waals surface area contributed by atoms with E-state index in [0.717, 1.165) is 17.0 Å². The summed E-state index contributed by atoms with van der Waals surface area (Å²) in [5.74, 6) is -0.167. The van der Waals surface area contributed by atoms with E-state index >= 15 is 0 Å². The number of benzene rings is 1. The highest BCUT2D eigenvalue weighted by Crippen LogP contribution is 2.28. The van der Waals surface area contributed by atoms with Crippen LogP contribution >= 0.6 is 0 Å². The third-order valence-electron chi connectivity index (χ3n) is 3.17. The van der Waals surface area contributed by atoms with Gasteiger partial charge in [0, 0.05) is 12.1 Å². The molecule has 0 saturated carbocycles. The minimum atomic E-state index is -4.36. The minimum absolute atomic E-state index is 0.0378. The first-order valence-electron chi connectivity index (χ1n) is 7.63. The Morgan fingerprint density at radius 2 is 1.75 bits per heavy atom. The third-order valence-corrected chi connectivity index (χ3v) is 3.17. The van der Waals surface area contributed by atoms with Gasteiger partial charge in [-0.3, -0.25) is 10.1 Å². The van der Waals surface area contributed by atoms with E-state index in [1.165, 1.54) is 12.1 Å². The van der Waals surface area contributed by atoms with E-state index in [0.29, 0.717) is 18.7 Å². The minimum Gasteiger partial charge on any atom is -0.338 e. The summed E-state index contributed by atoms with van der Waals surface area (Å²) in [6, 6.07) is 4.26. The van der Waals surface area contributed by atoms with Crippen LogP contribution in [0.15, 0.2) is 24.3 Å². The Kier molecular flexibility index (Phi) is 7.21. The Labute approximate surface area is 139 Å². The lowest BCUT2D eigenvalue weighted by Gasteiger charge is -2.14. The fourth-order valence-corrected chi connectivity index (χ4v) is 2.01. The number of quaternary nitrogens is 1. The number of carbonyl (C=O) groups is 2. The Morgan fingerprint density at radius 3 is 2.25 bits per heavy atom. The maximum Gasteiger partial charge on any atom is 0.416 e. The first-order valence-corrected chi connectivity index (χ1v) is 7.63. The van der Waals surface area contributed by atoms with Gasteiger partial charge in [0.1, 0.15) is 6.54 Å². The smallest absolute Gasteiger partial charge is 0.338 e. The lowest BCUT2D eigenvalue weighted by atomic mass is 10.1. The number of halogens is 3. The fraction of sp³-hybridized carbons (Fsp3) is 0.500. The summed E-state index contributed by atoms with van der Waals surface area (Å²) < 4.78 is 37.5. The molecular formula is C16H23F3N3O2+. The standard InChI is InChI=1S/C16H22F3N3O2/c1-11(2)8-20-15(24)21-14(23)10-22(3)9-12-4-6-13(7-5-12)16(17,18)19/h4-7,11H,8-10H2,1-3H3,(H2,20,21,23,24)/p+1. The molecule has 0 aliphatic heterocycles. The lowest BCUT2D eigenvalue weighted by molar-refractivity contribution is -0.885. The van der Waals surface area contributed by atoms with Gasteiger partial charge in [-0.15, -0.1) is 0 Å². The summed E-state index contributed by atoms with van der Waals surface area (Å²) in [5, 5.41) is 4.79. The van der Waals surface area contributed by atoms with Crippen molar-refractivity contribution in [3.63, 3.8) is 0 Å². The zero-order valence-corrected chi connectivity index (χ0v) is 14.0. The summed E-state index contributed by atoms with van der Waals surface area (Å²) in [4.78, 5) is 24.0. The average molecular weight is 346 g/mol. The molecule has 134 valence electrons. The number of hydrogen-bond acceptors (Lipinski definition) is 2. The summed E-state index contributed by atoms with van der Waals surface area (Å²) in [7, 11) is 1.73. The predicted molar refractivity (Wildman–Crippen MR) is 83.3 cm³/mol. The van der Waals surface area contributed by atoms with E-state index in [1.54, 1.807) is 7.05 Å². The molecule has 8 heteroatoms. The van der Waals surface area contributed by atoms with E-state index < -0.39 is 23.7 Å². The van der Waals surface area contributed by atoms with Gasteiger partial charge in [-0.05, 0) is 18.1 Å². The molecule has 5 nitrogen and oxygen atoms in total. The van der Waals surface area contributed by atoms with Crippen LogP contribution in [-0.2, 0) is 17.5 Å². The number of amides is 3. The number of carbonyl (C=O) groups excluding carboxylic acids is 2. The third kappa shape index (κ3) is 7.45. The molecule has 1 atom stereocenters. The second kappa shape index (κ2) is 8.68. The summed E-state index contributed by atoms with van der Waals surface area (Å²) >= 11 is 0. The first kappa shape index (κ1) is 20.0. The van der Waals surface area contributed by atoms with Crippen LogP contribution in [0.5, 0.6) is 0 Å². The number of hydrogen-bond donors (Lipinski definition) is 3. The quantitative estimate of drug-likeness (QED) is 0.725. The molecular weight excluding hydrogens is 323 g/mol. The van der Waals surface area contributed by atoms with Crippen molar-refractivity contribution in [1.29, 1.82) is 0 Å². The predicted octanol–water partition coefficient (Wildman–Crippen LogP) is 1.20. The van der Waals surface area contributed by atoms with Gasteiger partial charge in [-0.25, -0.2) is 4.79 Å². The topological polar surface area (TPSA) is 62.6 Å². The largest absolute Gasteiger partial charge is 0.416 e. The van der Waals surface area contributed by atoms with Gasteiger partial charge in [0.05, 0.1) is 12.6 Å². The molecule has 0 heterocycles. The van der Waals surface area contributed by atoms with Crippen LogP contribution in [0.1, 0.15) is 25.0 Å². The highest BCUT2D eigenvalue weighted by atomic mass is 19.4. The molecule has 0 bridgehead atoms. The van der Waals surface area contributed by atoms with Crippen LogP contribution < -0.4 is 15.5 Å². The Hall–Kier alpha value is -2.09. The number of likely N-dealkylation sites (N-methyl/N-ethyl adjacent to an activating group) is 1. The average Bonchev–Trinajstić information content (AvgIpc) is 2.44. The van der Waals surface area contributed by atoms with E-state index in [9.17, 15) is 22.8 Å². The lowest BCUT2D eigenvalue weighted by Crippen LogP contribution is -3.09. The molecule has 1 rings (SSSR count). The maximum absolute atomic E-state index is 12.5. The molecule has 1 aromatic carbocycles. The molecule has 0 aromatic heterocycles. The number of alkyl halides is 3. The molecule has 1 unspecified atom stereocenters.